The van der Waals surface area contributed by atoms with E-state index in [4.69, 9.17) is 0 Å². The van der Waals surface area contributed by atoms with Gasteiger partial charge in [-0.3, -0.25) is 14.9 Å². The highest BCUT2D eigenvalue weighted by atomic mass is 32.2. The molecule has 2 amide bonds. The van der Waals surface area contributed by atoms with Gasteiger partial charge in [0.2, 0.25) is 16.9 Å². The number of nitrogens with one attached hydrogen (secondary N) is 1. The van der Waals surface area contributed by atoms with Crippen LogP contribution in [0.3, 0.4) is 0 Å². The molecule has 4 rings (SSSR count). The summed E-state index contributed by atoms with van der Waals surface area (Å²) in [6, 6.07) is 16.2. The third-order valence-corrected chi connectivity index (χ3v) is 7.03. The van der Waals surface area contributed by atoms with Gasteiger partial charge in [0.15, 0.2) is 0 Å². The van der Waals surface area contributed by atoms with Crippen molar-refractivity contribution in [3.63, 3.8) is 0 Å². The molecule has 2 heterocycles. The molecule has 0 bridgehead atoms. The number of anilines is 2. The highest BCUT2D eigenvalue weighted by molar-refractivity contribution is 7.99. The number of aryl methyl sites for hydroxylation is 2. The number of thioether (sulfide) groups is 1. The maximum absolute atomic E-state index is 12.6. The number of hydrogen-bond acceptors (Lipinski definition) is 6. The molecule has 1 fully saturated rings. The largest absolute Gasteiger partial charge is 0.312 e. The third kappa shape index (κ3) is 5.51. The Hall–Kier alpha value is -2.71. The minimum absolute atomic E-state index is 0.0103. The second-order valence-corrected chi connectivity index (χ2v) is 9.72. The second kappa shape index (κ2) is 9.62. The number of benzene rings is 2. The van der Waals surface area contributed by atoms with E-state index in [0.717, 1.165) is 27.6 Å². The normalized spacial score (nSPS) is 16.0. The highest BCUT2D eigenvalue weighted by Crippen LogP contribution is 2.34. The van der Waals surface area contributed by atoms with Crippen LogP contribution in [0.5, 0.6) is 0 Å². The molecule has 8 heteroatoms. The summed E-state index contributed by atoms with van der Waals surface area (Å²) in [6.07, 6.45) is 0.405. The van der Waals surface area contributed by atoms with Gasteiger partial charge in [-0.15, -0.1) is 22.0 Å². The van der Waals surface area contributed by atoms with Gasteiger partial charge in [0.25, 0.3) is 0 Å². The lowest BCUT2D eigenvalue weighted by Gasteiger charge is -2.17. The van der Waals surface area contributed by atoms with E-state index in [1.807, 2.05) is 61.2 Å². The SMILES string of the molecule is Cc1cc(C)cc(N2C[C@H](c3nnc(NC(=O)CSCc4ccccc4)s3)CC2=O)c1. The van der Waals surface area contributed by atoms with Crippen LogP contribution in [0.25, 0.3) is 0 Å². The number of nitrogens with zero attached hydrogens (tertiary/aromatic N) is 3. The molecule has 0 saturated carbocycles. The maximum atomic E-state index is 12.6. The summed E-state index contributed by atoms with van der Waals surface area (Å²) >= 11 is 2.91. The molecule has 1 N–H and O–H groups in total. The van der Waals surface area contributed by atoms with Crippen molar-refractivity contribution in [3.05, 3.63) is 70.2 Å². The minimum atomic E-state index is -0.0945. The fraction of sp³-hybridized carbons (Fsp3) is 0.304. The minimum Gasteiger partial charge on any atom is -0.312 e. The molecule has 0 radical (unpaired) electrons. The van der Waals surface area contributed by atoms with Crippen molar-refractivity contribution < 1.29 is 9.59 Å². The first-order chi connectivity index (χ1) is 15.0. The molecule has 2 aromatic carbocycles. The molecule has 31 heavy (non-hydrogen) atoms. The van der Waals surface area contributed by atoms with Crippen LogP contribution in [-0.4, -0.2) is 34.3 Å². The van der Waals surface area contributed by atoms with Crippen LogP contribution in [0, 0.1) is 13.8 Å². The van der Waals surface area contributed by atoms with E-state index in [-0.39, 0.29) is 17.7 Å². The fourth-order valence-electron chi connectivity index (χ4n) is 3.67. The van der Waals surface area contributed by atoms with Crippen LogP contribution < -0.4 is 10.2 Å². The van der Waals surface area contributed by atoms with E-state index < -0.39 is 0 Å². The third-order valence-electron chi connectivity index (χ3n) is 5.02. The predicted molar refractivity (Wildman–Crippen MR) is 127 cm³/mol. The summed E-state index contributed by atoms with van der Waals surface area (Å²) in [5.74, 6) is 1.13. The van der Waals surface area contributed by atoms with E-state index in [1.165, 1.54) is 16.9 Å². The quantitative estimate of drug-likeness (QED) is 0.569. The van der Waals surface area contributed by atoms with Gasteiger partial charge >= 0.3 is 0 Å². The predicted octanol–water partition coefficient (Wildman–Crippen LogP) is 4.55. The number of carbonyl (C=O) groups excluding carboxylic acids is 2. The zero-order valence-corrected chi connectivity index (χ0v) is 19.1. The summed E-state index contributed by atoms with van der Waals surface area (Å²) in [4.78, 5) is 26.7. The smallest absolute Gasteiger partial charge is 0.236 e. The van der Waals surface area contributed by atoms with Gasteiger partial charge < -0.3 is 4.90 Å². The molecule has 0 spiro atoms. The Bertz CT molecular complexity index is 1060. The molecule has 1 aromatic heterocycles. The highest BCUT2D eigenvalue weighted by Gasteiger charge is 2.34. The van der Waals surface area contributed by atoms with Crippen molar-refractivity contribution in [2.24, 2.45) is 0 Å². The number of aromatic nitrogens is 2. The Morgan fingerprint density at radius 3 is 2.65 bits per heavy atom. The van der Waals surface area contributed by atoms with Gasteiger partial charge in [-0.05, 0) is 42.7 Å². The standard InChI is InChI=1S/C23H24N4O2S2/c1-15-8-16(2)10-19(9-15)27-12-18(11-21(27)29)22-25-26-23(31-22)24-20(28)14-30-13-17-6-4-3-5-7-17/h3-10,18H,11-14H2,1-2H3,(H,24,26,28)/t18-/m1/s1. The van der Waals surface area contributed by atoms with Crippen LogP contribution >= 0.6 is 23.1 Å². The molecule has 0 aliphatic carbocycles. The van der Waals surface area contributed by atoms with Gasteiger partial charge in [0.05, 0.1) is 5.75 Å². The Kier molecular flexibility index (Phi) is 6.67. The first-order valence-corrected chi connectivity index (χ1v) is 12.1. The van der Waals surface area contributed by atoms with Crippen molar-refractivity contribution in [1.29, 1.82) is 0 Å². The Morgan fingerprint density at radius 1 is 1.16 bits per heavy atom. The summed E-state index contributed by atoms with van der Waals surface area (Å²) in [5.41, 5.74) is 4.39. The van der Waals surface area contributed by atoms with Crippen molar-refractivity contribution in [3.8, 4) is 0 Å². The topological polar surface area (TPSA) is 75.2 Å². The molecule has 1 aliphatic heterocycles. The Labute approximate surface area is 190 Å². The lowest BCUT2D eigenvalue weighted by molar-refractivity contribution is -0.117. The first kappa shape index (κ1) is 21.5. The zero-order valence-electron chi connectivity index (χ0n) is 17.5. The summed E-state index contributed by atoms with van der Waals surface area (Å²) in [6.45, 7) is 4.65. The van der Waals surface area contributed by atoms with Crippen LogP contribution in [0.2, 0.25) is 0 Å². The summed E-state index contributed by atoms with van der Waals surface area (Å²) < 4.78 is 0. The molecule has 6 nitrogen and oxygen atoms in total. The van der Waals surface area contributed by atoms with E-state index >= 15 is 0 Å². The maximum Gasteiger partial charge on any atom is 0.236 e. The van der Waals surface area contributed by atoms with E-state index in [9.17, 15) is 9.59 Å². The molecule has 3 aromatic rings. The van der Waals surface area contributed by atoms with E-state index in [2.05, 4.69) is 21.6 Å². The Balaban J connectivity index is 1.32. The monoisotopic (exact) mass is 452 g/mol. The van der Waals surface area contributed by atoms with Gasteiger partial charge in [0, 0.05) is 30.3 Å². The van der Waals surface area contributed by atoms with Gasteiger partial charge in [0.1, 0.15) is 5.01 Å². The van der Waals surface area contributed by atoms with Crippen LogP contribution in [-0.2, 0) is 15.3 Å². The molecular weight excluding hydrogens is 428 g/mol. The molecule has 160 valence electrons. The summed E-state index contributed by atoms with van der Waals surface area (Å²) in [7, 11) is 0. The fourth-order valence-corrected chi connectivity index (χ4v) is 5.31. The number of amides is 2. The lowest BCUT2D eigenvalue weighted by Crippen LogP contribution is -2.24. The number of rotatable bonds is 7. The van der Waals surface area contributed by atoms with E-state index in [0.29, 0.717) is 23.8 Å². The van der Waals surface area contributed by atoms with Crippen LogP contribution in [0.4, 0.5) is 10.8 Å². The molecular formula is C23H24N4O2S2. The van der Waals surface area contributed by atoms with Gasteiger partial charge in [-0.1, -0.05) is 47.7 Å². The van der Waals surface area contributed by atoms with Gasteiger partial charge in [-0.25, -0.2) is 0 Å². The van der Waals surface area contributed by atoms with Crippen LogP contribution in [0.15, 0.2) is 48.5 Å². The average molecular weight is 453 g/mol. The van der Waals surface area contributed by atoms with Crippen molar-refractivity contribution in [2.75, 3.05) is 22.5 Å². The van der Waals surface area contributed by atoms with Gasteiger partial charge in [-0.2, -0.15) is 0 Å². The first-order valence-electron chi connectivity index (χ1n) is 10.1. The average Bonchev–Trinajstić information content (AvgIpc) is 3.34. The van der Waals surface area contributed by atoms with Crippen LogP contribution in [0.1, 0.15) is 34.0 Å². The Morgan fingerprint density at radius 2 is 1.90 bits per heavy atom. The molecule has 0 unspecified atom stereocenters. The number of carbonyl (C=O) groups is 2. The van der Waals surface area contributed by atoms with Crippen molar-refractivity contribution >= 4 is 45.7 Å². The van der Waals surface area contributed by atoms with Crippen molar-refractivity contribution in [1.82, 2.24) is 10.2 Å². The summed E-state index contributed by atoms with van der Waals surface area (Å²) in [5, 5.41) is 12.5. The van der Waals surface area contributed by atoms with Crippen molar-refractivity contribution in [2.45, 2.75) is 31.9 Å². The molecule has 1 saturated heterocycles. The lowest BCUT2D eigenvalue weighted by atomic mass is 10.1. The second-order valence-electron chi connectivity index (χ2n) is 7.72. The zero-order chi connectivity index (χ0) is 21.8. The van der Waals surface area contributed by atoms with E-state index in [1.54, 1.807) is 11.8 Å². The molecule has 1 aliphatic rings. The molecule has 1 atom stereocenters. The number of hydrogen-bond donors (Lipinski definition) is 1.